The van der Waals surface area contributed by atoms with Gasteiger partial charge in [-0.2, -0.15) is 5.10 Å². The molecule has 0 saturated carbocycles. The minimum atomic E-state index is 0.0530. The van der Waals surface area contributed by atoms with Crippen LogP contribution in [0.2, 0.25) is 0 Å². The number of hydrogen-bond donors (Lipinski definition) is 1. The molecule has 0 radical (unpaired) electrons. The van der Waals surface area contributed by atoms with E-state index in [1.54, 1.807) is 18.3 Å². The quantitative estimate of drug-likeness (QED) is 0.730. The van der Waals surface area contributed by atoms with E-state index in [2.05, 4.69) is 10.2 Å². The Morgan fingerprint density at radius 2 is 2.36 bits per heavy atom. The number of hydrogen-bond acceptors (Lipinski definition) is 2. The number of allylic oxidation sites excluding steroid dienone is 1. The van der Waals surface area contributed by atoms with Crippen LogP contribution >= 0.6 is 0 Å². The molecule has 0 amide bonds. The summed E-state index contributed by atoms with van der Waals surface area (Å²) in [6, 6.07) is 5.88. The molecular weight excluding hydrogens is 176 g/mol. The van der Waals surface area contributed by atoms with Crippen molar-refractivity contribution in [1.29, 1.82) is 0 Å². The molecule has 1 aromatic heterocycles. The molecule has 3 heteroatoms. The largest absolute Gasteiger partial charge is 0.295 e. The topological polar surface area (TPSA) is 45.8 Å². The summed E-state index contributed by atoms with van der Waals surface area (Å²) in [6.07, 6.45) is 5.12. The van der Waals surface area contributed by atoms with Crippen LogP contribution in [0.15, 0.2) is 30.5 Å². The Hall–Kier alpha value is -1.90. The van der Waals surface area contributed by atoms with Crippen LogP contribution in [-0.2, 0) is 4.79 Å². The second-order valence-electron chi connectivity index (χ2n) is 3.16. The minimum absolute atomic E-state index is 0.0530. The molecule has 2 aromatic rings. The second-order valence-corrected chi connectivity index (χ2v) is 3.16. The second kappa shape index (κ2) is 3.46. The number of H-pyrrole nitrogens is 1. The zero-order valence-electron chi connectivity index (χ0n) is 7.82. The Labute approximate surface area is 81.4 Å². The van der Waals surface area contributed by atoms with Gasteiger partial charge in [-0.15, -0.1) is 0 Å². The summed E-state index contributed by atoms with van der Waals surface area (Å²) in [5, 5.41) is 7.84. The maximum absolute atomic E-state index is 10.7. The number of fused-ring (bicyclic) bond motifs is 1. The monoisotopic (exact) mass is 186 g/mol. The molecule has 0 saturated heterocycles. The van der Waals surface area contributed by atoms with Gasteiger partial charge in [0.15, 0.2) is 5.78 Å². The van der Waals surface area contributed by atoms with Crippen molar-refractivity contribution in [2.24, 2.45) is 0 Å². The Morgan fingerprint density at radius 1 is 1.50 bits per heavy atom. The number of aromatic amines is 1. The smallest absolute Gasteiger partial charge is 0.152 e. The Morgan fingerprint density at radius 3 is 3.14 bits per heavy atom. The van der Waals surface area contributed by atoms with E-state index in [1.807, 2.05) is 18.2 Å². The van der Waals surface area contributed by atoms with Crippen LogP contribution in [0.5, 0.6) is 0 Å². The normalized spacial score (nSPS) is 11.2. The highest BCUT2D eigenvalue weighted by molar-refractivity contribution is 5.92. The van der Waals surface area contributed by atoms with E-state index in [-0.39, 0.29) is 5.78 Å². The van der Waals surface area contributed by atoms with Crippen LogP contribution in [0.3, 0.4) is 0 Å². The van der Waals surface area contributed by atoms with Crippen LogP contribution in [0.25, 0.3) is 17.0 Å². The third-order valence-electron chi connectivity index (χ3n) is 1.97. The van der Waals surface area contributed by atoms with Gasteiger partial charge in [-0.05, 0) is 30.7 Å². The van der Waals surface area contributed by atoms with E-state index in [9.17, 15) is 4.79 Å². The molecule has 1 N–H and O–H groups in total. The first-order chi connectivity index (χ1) is 6.75. The zero-order chi connectivity index (χ0) is 9.97. The lowest BCUT2D eigenvalue weighted by Crippen LogP contribution is -1.80. The van der Waals surface area contributed by atoms with E-state index in [0.29, 0.717) is 0 Å². The lowest BCUT2D eigenvalue weighted by molar-refractivity contribution is -0.112. The molecular formula is C11H10N2O. The number of ketones is 1. The molecule has 14 heavy (non-hydrogen) atoms. The third kappa shape index (κ3) is 1.71. The predicted molar refractivity (Wildman–Crippen MR) is 55.8 cm³/mol. The number of benzene rings is 1. The van der Waals surface area contributed by atoms with Crippen molar-refractivity contribution in [3.63, 3.8) is 0 Å². The highest BCUT2D eigenvalue weighted by Gasteiger charge is 1.95. The van der Waals surface area contributed by atoms with Gasteiger partial charge in [0.05, 0.1) is 11.7 Å². The van der Waals surface area contributed by atoms with Gasteiger partial charge in [0.25, 0.3) is 0 Å². The Balaban J connectivity index is 2.39. The van der Waals surface area contributed by atoms with Crippen molar-refractivity contribution < 1.29 is 4.79 Å². The van der Waals surface area contributed by atoms with Crippen molar-refractivity contribution in [2.45, 2.75) is 6.92 Å². The van der Waals surface area contributed by atoms with Crippen LogP contribution in [-0.4, -0.2) is 16.0 Å². The Kier molecular flexibility index (Phi) is 2.14. The summed E-state index contributed by atoms with van der Waals surface area (Å²) in [7, 11) is 0. The average molecular weight is 186 g/mol. The maximum atomic E-state index is 10.7. The highest BCUT2D eigenvalue weighted by atomic mass is 16.1. The van der Waals surface area contributed by atoms with Crippen LogP contribution in [0.1, 0.15) is 12.5 Å². The molecule has 0 unspecified atom stereocenters. The molecule has 0 fully saturated rings. The SMILES string of the molecule is CC(=O)/C=C/c1ccc2[nH]ncc2c1. The van der Waals surface area contributed by atoms with Crippen molar-refractivity contribution in [3.8, 4) is 0 Å². The predicted octanol–water partition coefficient (Wildman–Crippen LogP) is 2.17. The number of carbonyl (C=O) groups is 1. The summed E-state index contributed by atoms with van der Waals surface area (Å²) in [5.74, 6) is 0.0530. The van der Waals surface area contributed by atoms with E-state index in [1.165, 1.54) is 6.92 Å². The molecule has 1 aromatic carbocycles. The first-order valence-corrected chi connectivity index (χ1v) is 4.37. The summed E-state index contributed by atoms with van der Waals surface area (Å²) in [6.45, 7) is 1.53. The molecule has 1 heterocycles. The molecule has 2 rings (SSSR count). The number of nitrogens with one attached hydrogen (secondary N) is 1. The summed E-state index contributed by atoms with van der Waals surface area (Å²) < 4.78 is 0. The molecule has 0 aliphatic rings. The van der Waals surface area contributed by atoms with Gasteiger partial charge in [0.1, 0.15) is 0 Å². The minimum Gasteiger partial charge on any atom is -0.295 e. The number of rotatable bonds is 2. The van der Waals surface area contributed by atoms with Gasteiger partial charge in [0.2, 0.25) is 0 Å². The summed E-state index contributed by atoms with van der Waals surface area (Å²) >= 11 is 0. The lowest BCUT2D eigenvalue weighted by atomic mass is 10.1. The molecule has 0 aliphatic carbocycles. The van der Waals surface area contributed by atoms with Gasteiger partial charge in [-0.1, -0.05) is 12.1 Å². The highest BCUT2D eigenvalue weighted by Crippen LogP contribution is 2.13. The van der Waals surface area contributed by atoms with Crippen LogP contribution in [0.4, 0.5) is 0 Å². The maximum Gasteiger partial charge on any atom is 0.152 e. The van der Waals surface area contributed by atoms with Gasteiger partial charge < -0.3 is 0 Å². The van der Waals surface area contributed by atoms with E-state index in [4.69, 9.17) is 0 Å². The van der Waals surface area contributed by atoms with E-state index < -0.39 is 0 Å². The van der Waals surface area contributed by atoms with E-state index in [0.717, 1.165) is 16.5 Å². The summed E-state index contributed by atoms with van der Waals surface area (Å²) in [5.41, 5.74) is 2.01. The summed E-state index contributed by atoms with van der Waals surface area (Å²) in [4.78, 5) is 10.7. The number of carbonyl (C=O) groups excluding carboxylic acids is 1. The molecule has 0 spiro atoms. The molecule has 0 aliphatic heterocycles. The van der Waals surface area contributed by atoms with Crippen molar-refractivity contribution >= 4 is 22.8 Å². The molecule has 0 bridgehead atoms. The first kappa shape index (κ1) is 8.69. The third-order valence-corrected chi connectivity index (χ3v) is 1.97. The zero-order valence-corrected chi connectivity index (χ0v) is 7.82. The fraction of sp³-hybridized carbons (Fsp3) is 0.0909. The van der Waals surface area contributed by atoms with Gasteiger partial charge in [0, 0.05) is 5.39 Å². The van der Waals surface area contributed by atoms with Crippen LogP contribution in [0, 0.1) is 0 Å². The average Bonchev–Trinajstić information content (AvgIpc) is 2.61. The lowest BCUT2D eigenvalue weighted by Gasteiger charge is -1.92. The molecule has 0 atom stereocenters. The molecule has 70 valence electrons. The van der Waals surface area contributed by atoms with Gasteiger partial charge in [-0.25, -0.2) is 0 Å². The van der Waals surface area contributed by atoms with Crippen LogP contribution < -0.4 is 0 Å². The van der Waals surface area contributed by atoms with Gasteiger partial charge >= 0.3 is 0 Å². The fourth-order valence-corrected chi connectivity index (χ4v) is 1.28. The standard InChI is InChI=1S/C11H10N2O/c1-8(14)2-3-9-4-5-11-10(6-9)7-12-13-11/h2-7H,1H3,(H,12,13)/b3-2+. The van der Waals surface area contributed by atoms with Crippen molar-refractivity contribution in [3.05, 3.63) is 36.0 Å². The number of aromatic nitrogens is 2. The fourth-order valence-electron chi connectivity index (χ4n) is 1.28. The Bertz CT molecular complexity index is 497. The van der Waals surface area contributed by atoms with E-state index >= 15 is 0 Å². The van der Waals surface area contributed by atoms with Crippen molar-refractivity contribution in [2.75, 3.05) is 0 Å². The number of nitrogens with zero attached hydrogens (tertiary/aromatic N) is 1. The van der Waals surface area contributed by atoms with Gasteiger partial charge in [-0.3, -0.25) is 9.89 Å². The van der Waals surface area contributed by atoms with Crippen molar-refractivity contribution in [1.82, 2.24) is 10.2 Å². The first-order valence-electron chi connectivity index (χ1n) is 4.37. The molecule has 3 nitrogen and oxygen atoms in total.